The molecule has 2 aromatic heterocycles. The molecule has 104 valence electrons. The molecular formula is C16H18N2O2. The van der Waals surface area contributed by atoms with Crippen molar-refractivity contribution in [3.05, 3.63) is 54.2 Å². The van der Waals surface area contributed by atoms with Crippen molar-refractivity contribution >= 4 is 11.0 Å². The maximum atomic E-state index is 10.2. The van der Waals surface area contributed by atoms with Crippen LogP contribution >= 0.6 is 0 Å². The highest BCUT2D eigenvalue weighted by Crippen LogP contribution is 2.16. The van der Waals surface area contributed by atoms with Gasteiger partial charge in [-0.2, -0.15) is 0 Å². The molecule has 1 unspecified atom stereocenters. The van der Waals surface area contributed by atoms with Crippen LogP contribution in [-0.2, 0) is 19.9 Å². The average Bonchev–Trinajstić information content (AvgIpc) is 3.07. The molecule has 0 aliphatic heterocycles. The van der Waals surface area contributed by atoms with E-state index >= 15 is 0 Å². The molecule has 3 rings (SSSR count). The Morgan fingerprint density at radius 2 is 2.10 bits per heavy atom. The first-order valence-electron chi connectivity index (χ1n) is 6.85. The monoisotopic (exact) mass is 270 g/mol. The first-order chi connectivity index (χ1) is 9.74. The first-order valence-corrected chi connectivity index (χ1v) is 6.85. The Labute approximate surface area is 117 Å². The lowest BCUT2D eigenvalue weighted by Gasteiger charge is -2.09. The first kappa shape index (κ1) is 12.9. The lowest BCUT2D eigenvalue weighted by Crippen LogP contribution is -2.14. The van der Waals surface area contributed by atoms with Crippen molar-refractivity contribution in [2.24, 2.45) is 7.05 Å². The van der Waals surface area contributed by atoms with Gasteiger partial charge in [0.25, 0.3) is 0 Å². The van der Waals surface area contributed by atoms with Gasteiger partial charge in [-0.3, -0.25) is 0 Å². The van der Waals surface area contributed by atoms with Gasteiger partial charge < -0.3 is 14.1 Å². The van der Waals surface area contributed by atoms with Crippen LogP contribution in [0, 0.1) is 0 Å². The van der Waals surface area contributed by atoms with E-state index in [1.807, 2.05) is 48.0 Å². The van der Waals surface area contributed by atoms with Crippen molar-refractivity contribution in [2.75, 3.05) is 0 Å². The van der Waals surface area contributed by atoms with Gasteiger partial charge in [-0.05, 0) is 30.7 Å². The van der Waals surface area contributed by atoms with Gasteiger partial charge in [0.15, 0.2) is 0 Å². The normalized spacial score (nSPS) is 12.9. The second-order valence-corrected chi connectivity index (χ2v) is 5.05. The standard InChI is InChI=1S/C16H18N2O2/c1-18-15-7-3-2-6-14(15)17-16(18)11-12(19)8-9-13-5-4-10-20-13/h2-7,10,12,19H,8-9,11H2,1H3. The number of benzene rings is 1. The zero-order valence-electron chi connectivity index (χ0n) is 11.5. The predicted octanol–water partition coefficient (Wildman–Crippen LogP) is 2.70. The number of hydrogen-bond acceptors (Lipinski definition) is 3. The minimum absolute atomic E-state index is 0.407. The molecule has 4 nitrogen and oxygen atoms in total. The summed E-state index contributed by atoms with van der Waals surface area (Å²) < 4.78 is 7.32. The van der Waals surface area contributed by atoms with E-state index in [4.69, 9.17) is 4.42 Å². The summed E-state index contributed by atoms with van der Waals surface area (Å²) in [7, 11) is 1.99. The van der Waals surface area contributed by atoms with Gasteiger partial charge in [0.2, 0.25) is 0 Å². The third-order valence-corrected chi connectivity index (χ3v) is 3.60. The summed E-state index contributed by atoms with van der Waals surface area (Å²) in [5.41, 5.74) is 2.07. The summed E-state index contributed by atoms with van der Waals surface area (Å²) >= 11 is 0. The number of aliphatic hydroxyl groups excluding tert-OH is 1. The number of para-hydroxylation sites is 2. The quantitative estimate of drug-likeness (QED) is 0.775. The van der Waals surface area contributed by atoms with Crippen LogP contribution < -0.4 is 0 Å². The molecule has 0 radical (unpaired) electrons. The molecule has 0 aliphatic rings. The minimum atomic E-state index is -0.407. The lowest BCUT2D eigenvalue weighted by molar-refractivity contribution is 0.160. The Bertz CT molecular complexity index is 686. The molecule has 0 bridgehead atoms. The number of aryl methyl sites for hydroxylation is 2. The van der Waals surface area contributed by atoms with Crippen LogP contribution in [0.2, 0.25) is 0 Å². The lowest BCUT2D eigenvalue weighted by atomic mass is 10.1. The molecule has 0 spiro atoms. The largest absolute Gasteiger partial charge is 0.469 e. The smallest absolute Gasteiger partial charge is 0.112 e. The second kappa shape index (κ2) is 5.51. The van der Waals surface area contributed by atoms with E-state index in [1.54, 1.807) is 6.26 Å². The SMILES string of the molecule is Cn1c(CC(O)CCc2ccco2)nc2ccccc21. The van der Waals surface area contributed by atoms with Gasteiger partial charge in [0, 0.05) is 19.9 Å². The van der Waals surface area contributed by atoms with E-state index in [2.05, 4.69) is 4.98 Å². The maximum Gasteiger partial charge on any atom is 0.112 e. The van der Waals surface area contributed by atoms with Crippen molar-refractivity contribution in [1.82, 2.24) is 9.55 Å². The molecule has 1 atom stereocenters. The van der Waals surface area contributed by atoms with E-state index in [0.717, 1.165) is 29.0 Å². The van der Waals surface area contributed by atoms with Crippen LogP contribution in [0.5, 0.6) is 0 Å². The van der Waals surface area contributed by atoms with E-state index in [9.17, 15) is 5.11 Å². The number of aromatic nitrogens is 2. The Kier molecular flexibility index (Phi) is 3.56. The van der Waals surface area contributed by atoms with E-state index in [0.29, 0.717) is 12.8 Å². The third-order valence-electron chi connectivity index (χ3n) is 3.60. The van der Waals surface area contributed by atoms with Gasteiger partial charge >= 0.3 is 0 Å². The Balaban J connectivity index is 1.67. The molecular weight excluding hydrogens is 252 g/mol. The second-order valence-electron chi connectivity index (χ2n) is 5.05. The van der Waals surface area contributed by atoms with Gasteiger partial charge in [-0.1, -0.05) is 12.1 Å². The number of furan rings is 1. The summed E-state index contributed by atoms with van der Waals surface area (Å²) in [6, 6.07) is 11.8. The van der Waals surface area contributed by atoms with Gasteiger partial charge in [-0.15, -0.1) is 0 Å². The predicted molar refractivity (Wildman–Crippen MR) is 77.5 cm³/mol. The van der Waals surface area contributed by atoms with Gasteiger partial charge in [0.05, 0.1) is 23.4 Å². The third kappa shape index (κ3) is 2.60. The zero-order chi connectivity index (χ0) is 13.9. The molecule has 0 fully saturated rings. The molecule has 1 aromatic carbocycles. The molecule has 1 N–H and O–H groups in total. The molecule has 3 aromatic rings. The number of fused-ring (bicyclic) bond motifs is 1. The van der Waals surface area contributed by atoms with Crippen molar-refractivity contribution in [3.63, 3.8) is 0 Å². The van der Waals surface area contributed by atoms with Crippen molar-refractivity contribution in [3.8, 4) is 0 Å². The average molecular weight is 270 g/mol. The molecule has 20 heavy (non-hydrogen) atoms. The van der Waals surface area contributed by atoms with Crippen molar-refractivity contribution in [1.29, 1.82) is 0 Å². The fourth-order valence-electron chi connectivity index (χ4n) is 2.45. The van der Waals surface area contributed by atoms with Crippen LogP contribution in [0.25, 0.3) is 11.0 Å². The summed E-state index contributed by atoms with van der Waals surface area (Å²) in [6.07, 6.45) is 3.24. The van der Waals surface area contributed by atoms with E-state index < -0.39 is 6.10 Å². The molecule has 0 saturated heterocycles. The number of imidazole rings is 1. The fourth-order valence-corrected chi connectivity index (χ4v) is 2.45. The molecule has 4 heteroatoms. The summed E-state index contributed by atoms with van der Waals surface area (Å²) in [5.74, 6) is 1.83. The van der Waals surface area contributed by atoms with Crippen LogP contribution in [0.1, 0.15) is 18.0 Å². The Morgan fingerprint density at radius 3 is 2.85 bits per heavy atom. The highest BCUT2D eigenvalue weighted by Gasteiger charge is 2.13. The Morgan fingerprint density at radius 1 is 1.25 bits per heavy atom. The topological polar surface area (TPSA) is 51.2 Å². The fraction of sp³-hybridized carbons (Fsp3) is 0.312. The highest BCUT2D eigenvalue weighted by molar-refractivity contribution is 5.75. The molecule has 2 heterocycles. The van der Waals surface area contributed by atoms with Crippen LogP contribution in [0.15, 0.2) is 47.1 Å². The number of nitrogens with zero attached hydrogens (tertiary/aromatic N) is 2. The summed E-state index contributed by atoms with van der Waals surface area (Å²) in [4.78, 5) is 4.58. The molecule has 0 aliphatic carbocycles. The van der Waals surface area contributed by atoms with E-state index in [-0.39, 0.29) is 0 Å². The highest BCUT2D eigenvalue weighted by atomic mass is 16.3. The van der Waals surface area contributed by atoms with E-state index in [1.165, 1.54) is 0 Å². The van der Waals surface area contributed by atoms with Gasteiger partial charge in [-0.25, -0.2) is 4.98 Å². The number of aliphatic hydroxyl groups is 1. The summed E-state index contributed by atoms with van der Waals surface area (Å²) in [6.45, 7) is 0. The van der Waals surface area contributed by atoms with Crippen LogP contribution in [-0.4, -0.2) is 20.8 Å². The van der Waals surface area contributed by atoms with Crippen molar-refractivity contribution < 1.29 is 9.52 Å². The molecule has 0 amide bonds. The number of rotatable bonds is 5. The number of hydrogen-bond donors (Lipinski definition) is 1. The molecule has 0 saturated carbocycles. The minimum Gasteiger partial charge on any atom is -0.469 e. The van der Waals surface area contributed by atoms with Crippen LogP contribution in [0.3, 0.4) is 0 Å². The van der Waals surface area contributed by atoms with Crippen LogP contribution in [0.4, 0.5) is 0 Å². The zero-order valence-corrected chi connectivity index (χ0v) is 11.5. The summed E-state index contributed by atoms with van der Waals surface area (Å²) in [5, 5.41) is 10.2. The Hall–Kier alpha value is -2.07. The maximum absolute atomic E-state index is 10.2. The van der Waals surface area contributed by atoms with Gasteiger partial charge in [0.1, 0.15) is 11.6 Å². The van der Waals surface area contributed by atoms with Crippen molar-refractivity contribution in [2.45, 2.75) is 25.4 Å².